The third-order valence-corrected chi connectivity index (χ3v) is 4.58. The van der Waals surface area contributed by atoms with E-state index in [1.807, 2.05) is 0 Å². The molecule has 2 nitrogen and oxygen atoms in total. The molecule has 0 unspecified atom stereocenters. The van der Waals surface area contributed by atoms with Gasteiger partial charge in [-0.15, -0.1) is 0 Å². The molecular formula is C18H21NO. The van der Waals surface area contributed by atoms with Crippen LogP contribution in [0.1, 0.15) is 49.3 Å². The van der Waals surface area contributed by atoms with Crippen LogP contribution >= 0.6 is 0 Å². The minimum Gasteiger partial charge on any atom is -0.460 e. The van der Waals surface area contributed by atoms with Crippen molar-refractivity contribution in [2.24, 2.45) is 0 Å². The van der Waals surface area contributed by atoms with Crippen molar-refractivity contribution in [2.45, 2.75) is 50.6 Å². The standard InChI is InChI=1S/C18H21NO/c1-2-13(3-1)14-4-6-15(7-5-14)18-11-10-17(20-18)12-19-16-8-9-16/h4-7,10-11,13,16,19H,1-3,8-9,12H2. The van der Waals surface area contributed by atoms with Gasteiger partial charge in [-0.25, -0.2) is 0 Å². The van der Waals surface area contributed by atoms with Gasteiger partial charge in [0.2, 0.25) is 0 Å². The second kappa shape index (κ2) is 5.10. The van der Waals surface area contributed by atoms with E-state index < -0.39 is 0 Å². The number of hydrogen-bond donors (Lipinski definition) is 1. The Morgan fingerprint density at radius 3 is 2.40 bits per heavy atom. The lowest BCUT2D eigenvalue weighted by Gasteiger charge is -2.25. The summed E-state index contributed by atoms with van der Waals surface area (Å²) >= 11 is 0. The fourth-order valence-corrected chi connectivity index (χ4v) is 2.82. The fraction of sp³-hybridized carbons (Fsp3) is 0.444. The zero-order valence-corrected chi connectivity index (χ0v) is 11.8. The molecule has 1 aromatic heterocycles. The van der Waals surface area contributed by atoms with E-state index in [1.165, 1.54) is 43.2 Å². The van der Waals surface area contributed by atoms with Crippen LogP contribution in [0.5, 0.6) is 0 Å². The first-order chi connectivity index (χ1) is 9.88. The fourth-order valence-electron chi connectivity index (χ4n) is 2.82. The molecule has 2 aliphatic carbocycles. The summed E-state index contributed by atoms with van der Waals surface area (Å²) in [4.78, 5) is 0. The van der Waals surface area contributed by atoms with Crippen LogP contribution in [0.3, 0.4) is 0 Å². The van der Waals surface area contributed by atoms with Crippen molar-refractivity contribution < 1.29 is 4.42 Å². The molecule has 0 amide bonds. The van der Waals surface area contributed by atoms with E-state index in [0.717, 1.165) is 30.0 Å². The van der Waals surface area contributed by atoms with Crippen molar-refractivity contribution in [2.75, 3.05) is 0 Å². The van der Waals surface area contributed by atoms with Crippen LogP contribution in [-0.4, -0.2) is 6.04 Å². The molecule has 1 aromatic carbocycles. The maximum atomic E-state index is 5.93. The normalized spacial score (nSPS) is 19.0. The lowest BCUT2D eigenvalue weighted by atomic mass is 9.80. The third kappa shape index (κ3) is 2.53. The molecule has 20 heavy (non-hydrogen) atoms. The van der Waals surface area contributed by atoms with E-state index in [4.69, 9.17) is 4.42 Å². The summed E-state index contributed by atoms with van der Waals surface area (Å²) in [6.07, 6.45) is 6.74. The van der Waals surface area contributed by atoms with Gasteiger partial charge in [0, 0.05) is 11.6 Å². The van der Waals surface area contributed by atoms with E-state index in [2.05, 4.69) is 41.7 Å². The average Bonchev–Trinajstić information content (AvgIpc) is 3.13. The smallest absolute Gasteiger partial charge is 0.134 e. The summed E-state index contributed by atoms with van der Waals surface area (Å²) in [5.41, 5.74) is 2.67. The van der Waals surface area contributed by atoms with Gasteiger partial charge in [0.15, 0.2) is 0 Å². The Balaban J connectivity index is 1.45. The monoisotopic (exact) mass is 267 g/mol. The molecule has 2 heteroatoms. The third-order valence-electron chi connectivity index (χ3n) is 4.58. The number of hydrogen-bond acceptors (Lipinski definition) is 2. The highest BCUT2D eigenvalue weighted by Gasteiger charge is 2.21. The van der Waals surface area contributed by atoms with Gasteiger partial charge in [0.05, 0.1) is 6.54 Å². The van der Waals surface area contributed by atoms with Gasteiger partial charge >= 0.3 is 0 Å². The molecule has 0 saturated heterocycles. The molecular weight excluding hydrogens is 246 g/mol. The van der Waals surface area contributed by atoms with Crippen molar-refractivity contribution in [3.05, 3.63) is 47.7 Å². The quantitative estimate of drug-likeness (QED) is 0.865. The molecule has 2 saturated carbocycles. The first-order valence-electron chi connectivity index (χ1n) is 7.81. The van der Waals surface area contributed by atoms with Gasteiger partial charge in [-0.2, -0.15) is 0 Å². The lowest BCUT2D eigenvalue weighted by molar-refractivity contribution is 0.420. The van der Waals surface area contributed by atoms with Crippen LogP contribution in [0, 0.1) is 0 Å². The van der Waals surface area contributed by atoms with Crippen molar-refractivity contribution >= 4 is 0 Å². The molecule has 1 heterocycles. The van der Waals surface area contributed by atoms with E-state index in [1.54, 1.807) is 0 Å². The number of furan rings is 1. The Hall–Kier alpha value is -1.54. The second-order valence-electron chi connectivity index (χ2n) is 6.17. The first kappa shape index (κ1) is 12.2. The largest absolute Gasteiger partial charge is 0.460 e. The SMILES string of the molecule is c1cc(C2CCC2)ccc1-c1ccc(CNC2CC2)o1. The molecule has 0 spiro atoms. The molecule has 104 valence electrons. The average molecular weight is 267 g/mol. The number of nitrogens with one attached hydrogen (secondary N) is 1. The Morgan fingerprint density at radius 1 is 0.950 bits per heavy atom. The van der Waals surface area contributed by atoms with Gasteiger partial charge in [0.1, 0.15) is 11.5 Å². The Kier molecular flexibility index (Phi) is 3.12. The topological polar surface area (TPSA) is 25.2 Å². The number of rotatable bonds is 5. The highest BCUT2D eigenvalue weighted by Crippen LogP contribution is 2.37. The zero-order chi connectivity index (χ0) is 13.4. The van der Waals surface area contributed by atoms with Crippen molar-refractivity contribution in [3.8, 4) is 11.3 Å². The summed E-state index contributed by atoms with van der Waals surface area (Å²) in [6, 6.07) is 13.8. The van der Waals surface area contributed by atoms with E-state index in [-0.39, 0.29) is 0 Å². The lowest BCUT2D eigenvalue weighted by Crippen LogP contribution is -2.14. The molecule has 0 aliphatic heterocycles. The first-order valence-corrected chi connectivity index (χ1v) is 7.81. The van der Waals surface area contributed by atoms with Gasteiger partial charge in [0.25, 0.3) is 0 Å². The minimum atomic E-state index is 0.727. The molecule has 0 radical (unpaired) electrons. The highest BCUT2D eigenvalue weighted by molar-refractivity contribution is 5.58. The van der Waals surface area contributed by atoms with Gasteiger partial charge < -0.3 is 9.73 Å². The maximum Gasteiger partial charge on any atom is 0.134 e. The molecule has 2 aromatic rings. The van der Waals surface area contributed by atoms with Crippen molar-refractivity contribution in [1.82, 2.24) is 5.32 Å². The summed E-state index contributed by atoms with van der Waals surface area (Å²) in [5, 5.41) is 3.48. The summed E-state index contributed by atoms with van der Waals surface area (Å²) in [6.45, 7) is 0.852. The van der Waals surface area contributed by atoms with Crippen LogP contribution in [0.4, 0.5) is 0 Å². The van der Waals surface area contributed by atoms with Gasteiger partial charge in [-0.3, -0.25) is 0 Å². The Morgan fingerprint density at radius 2 is 1.75 bits per heavy atom. The molecule has 4 rings (SSSR count). The van der Waals surface area contributed by atoms with Crippen molar-refractivity contribution in [1.29, 1.82) is 0 Å². The predicted molar refractivity (Wildman–Crippen MR) is 80.6 cm³/mol. The Labute approximate surface area is 120 Å². The van der Waals surface area contributed by atoms with E-state index >= 15 is 0 Å². The molecule has 0 bridgehead atoms. The molecule has 2 aliphatic rings. The summed E-state index contributed by atoms with van der Waals surface area (Å²) < 4.78 is 5.93. The van der Waals surface area contributed by atoms with E-state index in [0.29, 0.717) is 0 Å². The highest BCUT2D eigenvalue weighted by atomic mass is 16.3. The molecule has 1 N–H and O–H groups in total. The van der Waals surface area contributed by atoms with Gasteiger partial charge in [-0.1, -0.05) is 30.7 Å². The molecule has 0 atom stereocenters. The predicted octanol–water partition coefficient (Wildman–Crippen LogP) is 4.47. The maximum absolute atomic E-state index is 5.93. The van der Waals surface area contributed by atoms with Crippen LogP contribution in [0.15, 0.2) is 40.8 Å². The summed E-state index contributed by atoms with van der Waals surface area (Å²) in [7, 11) is 0. The minimum absolute atomic E-state index is 0.727. The van der Waals surface area contributed by atoms with Crippen LogP contribution in [0.2, 0.25) is 0 Å². The Bertz CT molecular complexity index is 576. The van der Waals surface area contributed by atoms with Crippen LogP contribution < -0.4 is 5.32 Å². The van der Waals surface area contributed by atoms with Crippen LogP contribution in [-0.2, 0) is 6.54 Å². The molecule has 2 fully saturated rings. The zero-order valence-electron chi connectivity index (χ0n) is 11.8. The van der Waals surface area contributed by atoms with Gasteiger partial charge in [-0.05, 0) is 49.3 Å². The van der Waals surface area contributed by atoms with E-state index in [9.17, 15) is 0 Å². The van der Waals surface area contributed by atoms with Crippen LogP contribution in [0.25, 0.3) is 11.3 Å². The number of benzene rings is 1. The second-order valence-corrected chi connectivity index (χ2v) is 6.17. The summed E-state index contributed by atoms with van der Waals surface area (Å²) in [5.74, 6) is 2.83. The van der Waals surface area contributed by atoms with Crippen molar-refractivity contribution in [3.63, 3.8) is 0 Å².